The Labute approximate surface area is 101 Å². The summed E-state index contributed by atoms with van der Waals surface area (Å²) in [4.78, 5) is 0. The van der Waals surface area contributed by atoms with Crippen molar-refractivity contribution < 1.29 is 40.0 Å². The van der Waals surface area contributed by atoms with E-state index in [9.17, 15) is 0 Å². The predicted octanol–water partition coefficient (Wildman–Crippen LogP) is -0.492. The predicted molar refractivity (Wildman–Crippen MR) is 44.4 cm³/mol. The maximum atomic E-state index is 5.19. The molecule has 0 saturated heterocycles. The van der Waals surface area contributed by atoms with Crippen LogP contribution in [0, 0.1) is 0 Å². The average Bonchev–Trinajstić information content (AvgIpc) is 2.04. The monoisotopic (exact) mass is 342 g/mol. The van der Waals surface area contributed by atoms with Gasteiger partial charge in [0.1, 0.15) is 0 Å². The van der Waals surface area contributed by atoms with Crippen molar-refractivity contribution in [1.29, 1.82) is 0 Å². The van der Waals surface area contributed by atoms with Crippen molar-refractivity contribution in [2.24, 2.45) is 0 Å². The van der Waals surface area contributed by atoms with Gasteiger partial charge in [-0.1, -0.05) is 0 Å². The zero-order valence-corrected chi connectivity index (χ0v) is 12.9. The molecule has 0 saturated carbocycles. The van der Waals surface area contributed by atoms with Gasteiger partial charge in [-0.3, -0.25) is 0 Å². The molecule has 1 aromatic carbocycles. The quantitative estimate of drug-likeness (QED) is 0.658. The van der Waals surface area contributed by atoms with Crippen LogP contribution >= 0.6 is 15.9 Å². The third kappa shape index (κ3) is 3.16. The van der Waals surface area contributed by atoms with Gasteiger partial charge in [-0.2, -0.15) is 0 Å². The van der Waals surface area contributed by atoms with E-state index in [4.69, 9.17) is 4.74 Å². The molecule has 0 bridgehead atoms. The summed E-state index contributed by atoms with van der Waals surface area (Å²) >= 11 is 4.70. The molecule has 12 heavy (non-hydrogen) atoms. The summed E-state index contributed by atoms with van der Waals surface area (Å²) in [5.74, 6) is 0.999. The molecule has 0 spiro atoms. The molecule has 0 aliphatic carbocycles. The second-order valence-corrected chi connectivity index (χ2v) is 4.17. The molecule has 0 aliphatic heterocycles. The Morgan fingerprint density at radius 3 is 2.67 bits per heavy atom. The van der Waals surface area contributed by atoms with Crippen molar-refractivity contribution in [3.05, 3.63) is 28.2 Å². The Bertz CT molecular complexity index is 253. The molecule has 0 atom stereocenters. The van der Waals surface area contributed by atoms with Gasteiger partial charge in [0.2, 0.25) is 0 Å². The Kier molecular flexibility index (Phi) is 6.42. The van der Waals surface area contributed by atoms with Crippen LogP contribution in [-0.4, -0.2) is 7.11 Å². The first-order chi connectivity index (χ1) is 5.27. The summed E-state index contributed by atoms with van der Waals surface area (Å²) in [6.45, 7) is 0. The number of halogens is 2. The molecular weight excluding hydrogens is 337 g/mol. The maximum Gasteiger partial charge on any atom is -1.00 e. The van der Waals surface area contributed by atoms with Crippen LogP contribution < -0.4 is 21.7 Å². The molecule has 1 rings (SSSR count). The Hall–Kier alpha value is 0.603. The van der Waals surface area contributed by atoms with E-state index in [0.29, 0.717) is 0 Å². The molecule has 0 heterocycles. The van der Waals surface area contributed by atoms with Crippen LogP contribution in [0.1, 0.15) is 5.56 Å². The van der Waals surface area contributed by atoms with E-state index in [1.165, 1.54) is 23.9 Å². The van der Waals surface area contributed by atoms with Gasteiger partial charge >= 0.3 is 85.1 Å². The van der Waals surface area contributed by atoms with Crippen molar-refractivity contribution in [1.82, 2.24) is 0 Å². The molecule has 0 N–H and O–H groups in total. The SMILES string of the molecule is COc1ccc(Br)cc1[CH2][Zn+].[Br-]. The van der Waals surface area contributed by atoms with Crippen molar-refractivity contribution >= 4 is 15.9 Å². The van der Waals surface area contributed by atoms with Crippen molar-refractivity contribution in [2.45, 2.75) is 5.02 Å². The van der Waals surface area contributed by atoms with Crippen LogP contribution in [-0.2, 0) is 23.3 Å². The number of rotatable bonds is 2. The molecule has 0 aliphatic rings. The smallest absolute Gasteiger partial charge is 1.00 e. The minimum atomic E-state index is 0. The maximum absolute atomic E-state index is 5.19. The van der Waals surface area contributed by atoms with Gasteiger partial charge in [0.05, 0.1) is 0 Å². The van der Waals surface area contributed by atoms with E-state index in [1.807, 2.05) is 12.1 Å². The van der Waals surface area contributed by atoms with Crippen LogP contribution in [0.4, 0.5) is 0 Å². The summed E-state index contributed by atoms with van der Waals surface area (Å²) in [7, 11) is 1.71. The normalized spacial score (nSPS) is 9.00. The van der Waals surface area contributed by atoms with Crippen LogP contribution in [0.25, 0.3) is 0 Å². The molecule has 0 aromatic heterocycles. The summed E-state index contributed by atoms with van der Waals surface area (Å²) in [6.07, 6.45) is 0. The zero-order valence-electron chi connectivity index (χ0n) is 6.81. The van der Waals surface area contributed by atoms with Crippen molar-refractivity contribution in [2.75, 3.05) is 7.11 Å². The van der Waals surface area contributed by atoms with Gasteiger partial charge in [0, 0.05) is 0 Å². The van der Waals surface area contributed by atoms with Crippen molar-refractivity contribution in [3.8, 4) is 5.75 Å². The van der Waals surface area contributed by atoms with Gasteiger partial charge in [0.15, 0.2) is 0 Å². The van der Waals surface area contributed by atoms with Crippen LogP contribution in [0.3, 0.4) is 0 Å². The first-order valence-electron chi connectivity index (χ1n) is 3.39. The topological polar surface area (TPSA) is 9.23 Å². The second kappa shape index (κ2) is 6.12. The van der Waals surface area contributed by atoms with E-state index in [-0.39, 0.29) is 17.0 Å². The molecule has 0 fully saturated rings. The summed E-state index contributed by atoms with van der Waals surface area (Å²) in [5, 5.41) is 1.13. The molecule has 0 radical (unpaired) electrons. The minimum absolute atomic E-state index is 0. The summed E-state index contributed by atoms with van der Waals surface area (Å²) in [5.41, 5.74) is 1.29. The van der Waals surface area contributed by atoms with Gasteiger partial charge in [-0.15, -0.1) is 0 Å². The Balaban J connectivity index is 0.00000121. The fourth-order valence-corrected chi connectivity index (χ4v) is 2.17. The molecule has 0 amide bonds. The van der Waals surface area contributed by atoms with Gasteiger partial charge in [-0.05, 0) is 0 Å². The average molecular weight is 345 g/mol. The molecule has 1 aromatic rings. The molecule has 0 unspecified atom stereocenters. The van der Waals surface area contributed by atoms with Gasteiger partial charge in [0.25, 0.3) is 0 Å². The number of hydrogen-bond acceptors (Lipinski definition) is 1. The second-order valence-electron chi connectivity index (χ2n) is 2.21. The third-order valence-electron chi connectivity index (χ3n) is 1.51. The first kappa shape index (κ1) is 12.6. The molecule has 62 valence electrons. The molecular formula is C8H8Br2OZn. The van der Waals surface area contributed by atoms with E-state index < -0.39 is 0 Å². The largest absolute Gasteiger partial charge is 1.00 e. The summed E-state index contributed by atoms with van der Waals surface area (Å²) in [6, 6.07) is 6.11. The Morgan fingerprint density at radius 1 is 1.50 bits per heavy atom. The number of methoxy groups -OCH3 is 1. The number of ether oxygens (including phenoxy) is 1. The van der Waals surface area contributed by atoms with Crippen molar-refractivity contribution in [3.63, 3.8) is 0 Å². The van der Waals surface area contributed by atoms with Gasteiger partial charge < -0.3 is 17.0 Å². The van der Waals surface area contributed by atoms with Crippen LogP contribution in [0.2, 0.25) is 0 Å². The fourth-order valence-electron chi connectivity index (χ4n) is 0.943. The van der Waals surface area contributed by atoms with E-state index in [1.54, 1.807) is 7.11 Å². The third-order valence-corrected chi connectivity index (χ3v) is 3.14. The van der Waals surface area contributed by atoms with E-state index in [2.05, 4.69) is 22.0 Å². The zero-order chi connectivity index (χ0) is 8.27. The standard InChI is InChI=1S/C8H8BrO.BrH.Zn/c1-6-5-7(9)3-4-8(6)10-2;;/h3-5H,1H2,2H3;1H;/q;;+1/p-1. The van der Waals surface area contributed by atoms with E-state index >= 15 is 0 Å². The molecule has 4 heteroatoms. The van der Waals surface area contributed by atoms with Gasteiger partial charge in [-0.25, -0.2) is 0 Å². The first-order valence-corrected chi connectivity index (χ1v) is 6.28. The van der Waals surface area contributed by atoms with E-state index in [0.717, 1.165) is 15.2 Å². The number of hydrogen-bond donors (Lipinski definition) is 0. The van der Waals surface area contributed by atoms with Crippen LogP contribution in [0.5, 0.6) is 5.75 Å². The number of benzene rings is 1. The molecule has 1 nitrogen and oxygen atoms in total. The fraction of sp³-hybridized carbons (Fsp3) is 0.250. The van der Waals surface area contributed by atoms with Crippen LogP contribution in [0.15, 0.2) is 22.7 Å². The minimum Gasteiger partial charge on any atom is -1.00 e. The Morgan fingerprint density at radius 2 is 2.17 bits per heavy atom. The summed E-state index contributed by atoms with van der Waals surface area (Å²) < 4.78 is 6.32.